The Hall–Kier alpha value is -2.77. The van der Waals surface area contributed by atoms with Gasteiger partial charge in [-0.25, -0.2) is 4.79 Å². The van der Waals surface area contributed by atoms with Gasteiger partial charge in [0.05, 0.1) is 17.2 Å². The van der Waals surface area contributed by atoms with Gasteiger partial charge in [0.15, 0.2) is 0 Å². The van der Waals surface area contributed by atoms with Crippen LogP contribution in [0.1, 0.15) is 22.8 Å². The van der Waals surface area contributed by atoms with Crippen LogP contribution in [0.2, 0.25) is 10.0 Å². The maximum Gasteiger partial charge on any atom is 0.344 e. The smallest absolute Gasteiger partial charge is 0.344 e. The van der Waals surface area contributed by atoms with Crippen molar-refractivity contribution in [2.24, 2.45) is 0 Å². The number of amides is 4. The van der Waals surface area contributed by atoms with Gasteiger partial charge in [0.1, 0.15) is 11.3 Å². The lowest BCUT2D eigenvalue weighted by Gasteiger charge is -2.22. The number of ether oxygens (including phenoxy) is 1. The van der Waals surface area contributed by atoms with E-state index in [2.05, 4.69) is 10.7 Å². The number of methoxy groups -OCH3 is 1. The molecule has 0 aliphatic carbocycles. The zero-order valence-corrected chi connectivity index (χ0v) is 15.9. The van der Waals surface area contributed by atoms with Crippen LogP contribution >= 0.6 is 23.2 Å². The van der Waals surface area contributed by atoms with Crippen molar-refractivity contribution in [1.82, 2.24) is 15.8 Å². The summed E-state index contributed by atoms with van der Waals surface area (Å²) in [4.78, 5) is 37.5. The average molecular weight is 408 g/mol. The van der Waals surface area contributed by atoms with Crippen LogP contribution in [0.3, 0.4) is 0 Å². The predicted molar refractivity (Wildman–Crippen MR) is 99.7 cm³/mol. The Bertz CT molecular complexity index is 933. The number of nitrogens with zero attached hydrogens (tertiary/aromatic N) is 1. The maximum atomic E-state index is 12.8. The number of hydrogen-bond donors (Lipinski definition) is 2. The molecule has 2 aromatic rings. The van der Waals surface area contributed by atoms with Gasteiger partial charge < -0.3 is 10.1 Å². The fourth-order valence-electron chi connectivity index (χ4n) is 2.66. The standard InChI is InChI=1S/C18H15Cl2N3O4/c1-18(11-4-6-12(27-2)7-5-11)16(25)23(17(26)21-18)22-15(24)10-3-8-13(19)14(20)9-10/h3-9H,1-2H3,(H,21,26)(H,22,24)/t18-/m1/s1. The van der Waals surface area contributed by atoms with E-state index < -0.39 is 23.4 Å². The lowest BCUT2D eigenvalue weighted by atomic mass is 9.92. The highest BCUT2D eigenvalue weighted by molar-refractivity contribution is 6.42. The number of imide groups is 1. The number of carbonyl (C=O) groups excluding carboxylic acids is 3. The molecule has 1 aliphatic rings. The fraction of sp³-hybridized carbons (Fsp3) is 0.167. The van der Waals surface area contributed by atoms with Gasteiger partial charge >= 0.3 is 6.03 Å². The van der Waals surface area contributed by atoms with Crippen molar-refractivity contribution < 1.29 is 19.1 Å². The Morgan fingerprint density at radius 1 is 1.11 bits per heavy atom. The summed E-state index contributed by atoms with van der Waals surface area (Å²) in [5, 5.41) is 3.72. The summed E-state index contributed by atoms with van der Waals surface area (Å²) < 4.78 is 5.09. The first-order valence-corrected chi connectivity index (χ1v) is 8.59. The Morgan fingerprint density at radius 2 is 1.78 bits per heavy atom. The summed E-state index contributed by atoms with van der Waals surface area (Å²) in [7, 11) is 1.53. The molecular formula is C18H15Cl2N3O4. The number of benzene rings is 2. The van der Waals surface area contributed by atoms with Gasteiger partial charge in [0.25, 0.3) is 11.8 Å². The first-order valence-electron chi connectivity index (χ1n) is 7.83. The molecule has 0 radical (unpaired) electrons. The van der Waals surface area contributed by atoms with Crippen molar-refractivity contribution in [1.29, 1.82) is 0 Å². The van der Waals surface area contributed by atoms with Gasteiger partial charge in [-0.3, -0.25) is 15.0 Å². The minimum Gasteiger partial charge on any atom is -0.497 e. The largest absolute Gasteiger partial charge is 0.497 e. The second-order valence-electron chi connectivity index (χ2n) is 5.99. The van der Waals surface area contributed by atoms with Crippen LogP contribution in [0, 0.1) is 0 Å². The summed E-state index contributed by atoms with van der Waals surface area (Å²) in [6.07, 6.45) is 0. The molecule has 0 aromatic heterocycles. The Morgan fingerprint density at radius 3 is 2.37 bits per heavy atom. The SMILES string of the molecule is COc1ccc([C@@]2(C)NC(=O)N(NC(=O)c3ccc(Cl)c(Cl)c3)C2=O)cc1. The van der Waals surface area contributed by atoms with Crippen molar-refractivity contribution >= 4 is 41.0 Å². The van der Waals surface area contributed by atoms with Gasteiger partial charge in [0.2, 0.25) is 0 Å². The minimum atomic E-state index is -1.33. The molecule has 0 saturated carbocycles. The number of halogens is 2. The zero-order chi connectivity index (χ0) is 19.8. The van der Waals surface area contributed by atoms with Gasteiger partial charge in [0, 0.05) is 5.56 Å². The van der Waals surface area contributed by atoms with Crippen LogP contribution in [-0.4, -0.2) is 30.0 Å². The lowest BCUT2D eigenvalue weighted by molar-refractivity contribution is -0.132. The molecule has 2 N–H and O–H groups in total. The second-order valence-corrected chi connectivity index (χ2v) is 6.81. The third kappa shape index (κ3) is 3.43. The molecular weight excluding hydrogens is 393 g/mol. The topological polar surface area (TPSA) is 87.7 Å². The van der Waals surface area contributed by atoms with Gasteiger partial charge in [-0.15, -0.1) is 0 Å². The maximum absolute atomic E-state index is 12.8. The Balaban J connectivity index is 1.82. The van der Waals surface area contributed by atoms with Crippen LogP contribution in [0.5, 0.6) is 5.75 Å². The molecule has 2 aromatic carbocycles. The molecule has 0 unspecified atom stereocenters. The molecule has 1 aliphatic heterocycles. The van der Waals surface area contributed by atoms with Crippen LogP contribution in [0.4, 0.5) is 4.79 Å². The van der Waals surface area contributed by atoms with Crippen molar-refractivity contribution in [2.75, 3.05) is 7.11 Å². The fourth-order valence-corrected chi connectivity index (χ4v) is 2.96. The number of hydrogen-bond acceptors (Lipinski definition) is 4. The number of carbonyl (C=O) groups is 3. The van der Waals surface area contributed by atoms with Crippen molar-refractivity contribution in [3.05, 3.63) is 63.6 Å². The summed E-state index contributed by atoms with van der Waals surface area (Å²) >= 11 is 11.7. The molecule has 140 valence electrons. The molecule has 0 bridgehead atoms. The van der Waals surface area contributed by atoms with E-state index in [1.165, 1.54) is 25.3 Å². The summed E-state index contributed by atoms with van der Waals surface area (Å²) in [6.45, 7) is 1.56. The van der Waals surface area contributed by atoms with Gasteiger partial charge in [-0.1, -0.05) is 35.3 Å². The van der Waals surface area contributed by atoms with E-state index >= 15 is 0 Å². The molecule has 7 nitrogen and oxygen atoms in total. The second kappa shape index (κ2) is 7.09. The van der Waals surface area contributed by atoms with Crippen LogP contribution in [0.25, 0.3) is 0 Å². The average Bonchev–Trinajstić information content (AvgIpc) is 2.88. The highest BCUT2D eigenvalue weighted by Gasteiger charge is 2.50. The number of rotatable bonds is 4. The number of urea groups is 1. The molecule has 27 heavy (non-hydrogen) atoms. The normalized spacial score (nSPS) is 19.0. The monoisotopic (exact) mass is 407 g/mol. The van der Waals surface area contributed by atoms with Crippen LogP contribution < -0.4 is 15.5 Å². The zero-order valence-electron chi connectivity index (χ0n) is 14.4. The van der Waals surface area contributed by atoms with E-state index in [1.807, 2.05) is 0 Å². The van der Waals surface area contributed by atoms with E-state index in [4.69, 9.17) is 27.9 Å². The van der Waals surface area contributed by atoms with E-state index in [9.17, 15) is 14.4 Å². The molecule has 4 amide bonds. The predicted octanol–water partition coefficient (Wildman–Crippen LogP) is 3.11. The van der Waals surface area contributed by atoms with E-state index in [0.717, 1.165) is 0 Å². The molecule has 3 rings (SSSR count). The molecule has 1 heterocycles. The van der Waals surface area contributed by atoms with Crippen molar-refractivity contribution in [2.45, 2.75) is 12.5 Å². The molecule has 1 saturated heterocycles. The van der Waals surface area contributed by atoms with Crippen LogP contribution in [-0.2, 0) is 10.3 Å². The number of hydrazine groups is 1. The molecule has 0 spiro atoms. The first kappa shape index (κ1) is 19.0. The summed E-state index contributed by atoms with van der Waals surface area (Å²) in [6, 6.07) is 10.2. The molecule has 9 heteroatoms. The highest BCUT2D eigenvalue weighted by Crippen LogP contribution is 2.29. The summed E-state index contributed by atoms with van der Waals surface area (Å²) in [5.74, 6) is -0.675. The lowest BCUT2D eigenvalue weighted by Crippen LogP contribution is -2.47. The van der Waals surface area contributed by atoms with E-state index in [0.29, 0.717) is 16.3 Å². The van der Waals surface area contributed by atoms with Gasteiger partial charge in [-0.2, -0.15) is 5.01 Å². The first-order chi connectivity index (χ1) is 12.8. The van der Waals surface area contributed by atoms with Gasteiger partial charge in [-0.05, 0) is 42.8 Å². The van der Waals surface area contributed by atoms with E-state index in [1.54, 1.807) is 31.2 Å². The van der Waals surface area contributed by atoms with Crippen molar-refractivity contribution in [3.63, 3.8) is 0 Å². The molecule has 1 atom stereocenters. The van der Waals surface area contributed by atoms with Crippen molar-refractivity contribution in [3.8, 4) is 5.75 Å². The Labute approximate surface area is 165 Å². The highest BCUT2D eigenvalue weighted by atomic mass is 35.5. The summed E-state index contributed by atoms with van der Waals surface area (Å²) in [5.41, 5.74) is 1.67. The minimum absolute atomic E-state index is 0.156. The molecule has 1 fully saturated rings. The number of nitrogens with one attached hydrogen (secondary N) is 2. The quantitative estimate of drug-likeness (QED) is 0.762. The van der Waals surface area contributed by atoms with Crippen LogP contribution in [0.15, 0.2) is 42.5 Å². The third-order valence-electron chi connectivity index (χ3n) is 4.25. The van der Waals surface area contributed by atoms with E-state index in [-0.39, 0.29) is 15.6 Å². The Kier molecular flexibility index (Phi) is 4.99. The third-order valence-corrected chi connectivity index (χ3v) is 4.99.